The first kappa shape index (κ1) is 12.8. The van der Waals surface area contributed by atoms with Crippen molar-refractivity contribution in [1.82, 2.24) is 10.2 Å². The quantitative estimate of drug-likeness (QED) is 0.567. The second-order valence-corrected chi connectivity index (χ2v) is 4.41. The first-order valence-electron chi connectivity index (χ1n) is 6.03. The summed E-state index contributed by atoms with van der Waals surface area (Å²) in [5, 5.41) is 27.4. The summed E-state index contributed by atoms with van der Waals surface area (Å²) in [5.41, 5.74) is 1.46. The smallest absolute Gasteiger partial charge is 0.336 e. The molecule has 0 saturated carbocycles. The topological polar surface area (TPSA) is 109 Å². The van der Waals surface area contributed by atoms with Gasteiger partial charge in [-0.25, -0.2) is 4.79 Å². The average Bonchev–Trinajstić information content (AvgIpc) is 2.91. The number of rotatable bonds is 3. The Kier molecular flexibility index (Phi) is 2.87. The number of carboxylic acid groups (broad SMARTS) is 1. The van der Waals surface area contributed by atoms with Gasteiger partial charge in [-0.15, -0.1) is 0 Å². The lowest BCUT2D eigenvalue weighted by Gasteiger charge is -2.01. The summed E-state index contributed by atoms with van der Waals surface area (Å²) < 4.78 is 0. The third kappa shape index (κ3) is 2.10. The van der Waals surface area contributed by atoms with Crippen LogP contribution in [0.2, 0.25) is 0 Å². The molecule has 7 nitrogen and oxygen atoms in total. The molecule has 0 radical (unpaired) electrons. The Hall–Kier alpha value is -3.22. The summed E-state index contributed by atoms with van der Waals surface area (Å²) in [5.74, 6) is -1.08. The molecule has 3 aromatic rings. The maximum atomic E-state index is 11.3. The molecule has 0 spiro atoms. The molecule has 0 unspecified atom stereocenters. The maximum absolute atomic E-state index is 11.3. The van der Waals surface area contributed by atoms with Gasteiger partial charge < -0.3 is 5.11 Å². The zero-order valence-corrected chi connectivity index (χ0v) is 10.6. The van der Waals surface area contributed by atoms with E-state index in [1.54, 1.807) is 18.2 Å². The van der Waals surface area contributed by atoms with Crippen molar-refractivity contribution in [3.05, 3.63) is 58.1 Å². The molecule has 0 saturated heterocycles. The third-order valence-corrected chi connectivity index (χ3v) is 3.15. The largest absolute Gasteiger partial charge is 0.478 e. The van der Waals surface area contributed by atoms with Crippen molar-refractivity contribution >= 4 is 22.6 Å². The molecule has 21 heavy (non-hydrogen) atoms. The van der Waals surface area contributed by atoms with Crippen molar-refractivity contribution in [2.45, 2.75) is 0 Å². The number of carboxylic acids is 1. The van der Waals surface area contributed by atoms with E-state index in [0.717, 1.165) is 0 Å². The molecule has 0 amide bonds. The number of non-ortho nitro benzene ring substituents is 1. The van der Waals surface area contributed by atoms with Gasteiger partial charge in [0, 0.05) is 23.1 Å². The van der Waals surface area contributed by atoms with Crippen LogP contribution in [0.5, 0.6) is 0 Å². The summed E-state index contributed by atoms with van der Waals surface area (Å²) in [6.45, 7) is 0. The van der Waals surface area contributed by atoms with Crippen LogP contribution in [-0.4, -0.2) is 26.2 Å². The van der Waals surface area contributed by atoms with Gasteiger partial charge in [0.1, 0.15) is 5.69 Å². The number of nitrogens with zero attached hydrogens (tertiary/aromatic N) is 2. The van der Waals surface area contributed by atoms with Gasteiger partial charge >= 0.3 is 5.97 Å². The molecule has 7 heteroatoms. The number of hydrogen-bond donors (Lipinski definition) is 2. The van der Waals surface area contributed by atoms with Crippen LogP contribution in [0.4, 0.5) is 5.69 Å². The second-order valence-electron chi connectivity index (χ2n) is 4.41. The highest BCUT2D eigenvalue weighted by Gasteiger charge is 2.17. The molecule has 0 bridgehead atoms. The number of nitrogens with one attached hydrogen (secondary N) is 1. The normalized spacial score (nSPS) is 10.7. The van der Waals surface area contributed by atoms with Gasteiger partial charge in [-0.2, -0.15) is 5.10 Å². The number of nitro groups is 1. The molecule has 0 fully saturated rings. The van der Waals surface area contributed by atoms with Gasteiger partial charge in [0.05, 0.1) is 16.0 Å². The second kappa shape index (κ2) is 4.71. The number of aromatic nitrogens is 2. The van der Waals surface area contributed by atoms with Crippen LogP contribution >= 0.6 is 0 Å². The monoisotopic (exact) mass is 283 g/mol. The Balaban J connectivity index is 2.28. The van der Waals surface area contributed by atoms with E-state index in [1.807, 2.05) is 0 Å². The third-order valence-electron chi connectivity index (χ3n) is 3.15. The summed E-state index contributed by atoms with van der Waals surface area (Å²) in [6, 6.07) is 10.7. The molecular formula is C14H9N3O4. The maximum Gasteiger partial charge on any atom is 0.336 e. The molecule has 0 atom stereocenters. The summed E-state index contributed by atoms with van der Waals surface area (Å²) in [7, 11) is 0. The molecule has 2 aromatic carbocycles. The van der Waals surface area contributed by atoms with Gasteiger partial charge in [-0.05, 0) is 12.1 Å². The van der Waals surface area contributed by atoms with Gasteiger partial charge in [0.25, 0.3) is 5.69 Å². The van der Waals surface area contributed by atoms with Crippen molar-refractivity contribution < 1.29 is 14.8 Å². The number of aromatic carboxylic acids is 1. The molecule has 0 aliphatic rings. The van der Waals surface area contributed by atoms with E-state index in [-0.39, 0.29) is 11.3 Å². The first-order chi connectivity index (χ1) is 10.1. The zero-order valence-electron chi connectivity index (χ0n) is 10.6. The van der Waals surface area contributed by atoms with E-state index in [1.165, 1.54) is 24.3 Å². The van der Waals surface area contributed by atoms with Crippen LogP contribution in [0, 0.1) is 10.1 Å². The van der Waals surface area contributed by atoms with Crippen LogP contribution in [0.3, 0.4) is 0 Å². The molecule has 0 aliphatic carbocycles. The highest BCUT2D eigenvalue weighted by molar-refractivity contribution is 6.08. The van der Waals surface area contributed by atoms with Crippen LogP contribution in [0.1, 0.15) is 10.4 Å². The van der Waals surface area contributed by atoms with Crippen molar-refractivity contribution in [1.29, 1.82) is 0 Å². The van der Waals surface area contributed by atoms with E-state index in [2.05, 4.69) is 10.2 Å². The van der Waals surface area contributed by atoms with Crippen LogP contribution in [0.25, 0.3) is 22.2 Å². The van der Waals surface area contributed by atoms with E-state index in [0.29, 0.717) is 22.2 Å². The van der Waals surface area contributed by atoms with Crippen molar-refractivity contribution in [2.75, 3.05) is 0 Å². The number of nitro benzene ring substituents is 1. The predicted molar refractivity (Wildman–Crippen MR) is 75.1 cm³/mol. The number of fused-ring (bicyclic) bond motifs is 1. The van der Waals surface area contributed by atoms with Crippen LogP contribution < -0.4 is 0 Å². The summed E-state index contributed by atoms with van der Waals surface area (Å²) >= 11 is 0. The predicted octanol–water partition coefficient (Wildman–Crippen LogP) is 2.84. The zero-order chi connectivity index (χ0) is 15.0. The molecular weight excluding hydrogens is 274 g/mol. The van der Waals surface area contributed by atoms with Gasteiger partial charge in [0.2, 0.25) is 0 Å². The molecule has 1 aromatic heterocycles. The fourth-order valence-electron chi connectivity index (χ4n) is 2.23. The Bertz CT molecular complexity index is 870. The van der Waals surface area contributed by atoms with Crippen molar-refractivity contribution in [3.63, 3.8) is 0 Å². The lowest BCUT2D eigenvalue weighted by Crippen LogP contribution is -1.97. The summed E-state index contributed by atoms with van der Waals surface area (Å²) in [6.07, 6.45) is 0. The van der Waals surface area contributed by atoms with E-state index in [4.69, 9.17) is 0 Å². The Morgan fingerprint density at radius 2 is 2.00 bits per heavy atom. The number of H-pyrrole nitrogens is 1. The van der Waals surface area contributed by atoms with Crippen LogP contribution in [-0.2, 0) is 0 Å². The van der Waals surface area contributed by atoms with Crippen LogP contribution in [0.15, 0.2) is 42.5 Å². The lowest BCUT2D eigenvalue weighted by molar-refractivity contribution is -0.384. The van der Waals surface area contributed by atoms with Crippen molar-refractivity contribution in [2.24, 2.45) is 0 Å². The van der Waals surface area contributed by atoms with Gasteiger partial charge in [-0.3, -0.25) is 15.2 Å². The minimum Gasteiger partial charge on any atom is -0.478 e. The standard InChI is InChI=1S/C14H9N3O4/c18-14(19)10-5-2-6-11-12(10)13(16-15-11)8-3-1-4-9(7-8)17(20)21/h1-7H,(H,15,16)(H,18,19). The van der Waals surface area contributed by atoms with E-state index >= 15 is 0 Å². The molecule has 1 heterocycles. The van der Waals surface area contributed by atoms with E-state index < -0.39 is 10.9 Å². The van der Waals surface area contributed by atoms with Gasteiger partial charge in [0.15, 0.2) is 0 Å². The summed E-state index contributed by atoms with van der Waals surface area (Å²) in [4.78, 5) is 21.7. The Morgan fingerprint density at radius 1 is 1.24 bits per heavy atom. The molecule has 3 rings (SSSR count). The highest BCUT2D eigenvalue weighted by atomic mass is 16.6. The lowest BCUT2D eigenvalue weighted by atomic mass is 10.0. The van der Waals surface area contributed by atoms with E-state index in [9.17, 15) is 20.0 Å². The Labute approximate surface area is 118 Å². The number of hydrogen-bond acceptors (Lipinski definition) is 4. The number of aromatic amines is 1. The number of carbonyl (C=O) groups is 1. The molecule has 104 valence electrons. The minimum atomic E-state index is -1.08. The number of benzene rings is 2. The average molecular weight is 283 g/mol. The fraction of sp³-hybridized carbons (Fsp3) is 0. The fourth-order valence-corrected chi connectivity index (χ4v) is 2.23. The SMILES string of the molecule is O=C(O)c1cccc2[nH]nc(-c3cccc([N+](=O)[O-])c3)c12. The molecule has 2 N–H and O–H groups in total. The van der Waals surface area contributed by atoms with Gasteiger partial charge in [-0.1, -0.05) is 18.2 Å². The first-order valence-corrected chi connectivity index (χ1v) is 6.03. The Morgan fingerprint density at radius 3 is 2.71 bits per heavy atom. The minimum absolute atomic E-state index is 0.0727. The highest BCUT2D eigenvalue weighted by Crippen LogP contribution is 2.30. The molecule has 0 aliphatic heterocycles. The van der Waals surface area contributed by atoms with Crippen molar-refractivity contribution in [3.8, 4) is 11.3 Å².